The molecule has 1 aliphatic heterocycles. The van der Waals surface area contributed by atoms with E-state index in [0.717, 1.165) is 0 Å². The quantitative estimate of drug-likeness (QED) is 0.519. The van der Waals surface area contributed by atoms with Crippen molar-refractivity contribution >= 4 is 34.8 Å². The fourth-order valence-electron chi connectivity index (χ4n) is 2.00. The Morgan fingerprint density at radius 1 is 1.26 bits per heavy atom. The Morgan fingerprint density at radius 2 is 2.09 bits per heavy atom. The first-order valence-electron chi connectivity index (χ1n) is 6.92. The first-order valence-corrected chi connectivity index (χ1v) is 7.80. The van der Waals surface area contributed by atoms with Gasteiger partial charge in [-0.05, 0) is 12.1 Å². The van der Waals surface area contributed by atoms with Gasteiger partial charge in [0.1, 0.15) is 5.76 Å². The van der Waals surface area contributed by atoms with Crippen LogP contribution in [0.5, 0.6) is 0 Å². The third-order valence-electron chi connectivity index (χ3n) is 3.12. The number of hydrogen-bond acceptors (Lipinski definition) is 6. The number of benzene rings is 1. The first-order chi connectivity index (χ1) is 11.2. The van der Waals surface area contributed by atoms with Gasteiger partial charge in [0, 0.05) is 12.0 Å². The highest BCUT2D eigenvalue weighted by atomic mass is 32.2. The van der Waals surface area contributed by atoms with E-state index in [1.807, 2.05) is 6.07 Å². The van der Waals surface area contributed by atoms with Crippen LogP contribution in [0.4, 0.5) is 0 Å². The zero-order valence-corrected chi connectivity index (χ0v) is 12.8. The second-order valence-electron chi connectivity index (χ2n) is 4.75. The van der Waals surface area contributed by atoms with Crippen LogP contribution in [0.1, 0.15) is 22.5 Å². The molecule has 1 atom stereocenters. The maximum Gasteiger partial charge on any atom is 0.240 e. The molecule has 0 bridgehead atoms. The second kappa shape index (κ2) is 7.06. The highest BCUT2D eigenvalue weighted by Gasteiger charge is 2.32. The van der Waals surface area contributed by atoms with Gasteiger partial charge in [0.05, 0.1) is 17.7 Å². The number of rotatable bonds is 5. The lowest BCUT2D eigenvalue weighted by Gasteiger charge is -2.04. The van der Waals surface area contributed by atoms with E-state index >= 15 is 0 Å². The van der Waals surface area contributed by atoms with E-state index in [1.54, 1.807) is 36.4 Å². The number of nitrogens with zero attached hydrogens (tertiary/aromatic N) is 2. The molecule has 1 unspecified atom stereocenters. The molecule has 1 aliphatic rings. The van der Waals surface area contributed by atoms with Crippen molar-refractivity contribution in [3.8, 4) is 0 Å². The number of carbonyl (C=O) groups is 2. The minimum atomic E-state index is -0.486. The molecule has 1 amide bonds. The van der Waals surface area contributed by atoms with E-state index in [4.69, 9.17) is 4.42 Å². The van der Waals surface area contributed by atoms with Crippen molar-refractivity contribution in [2.75, 3.05) is 0 Å². The van der Waals surface area contributed by atoms with Crippen molar-refractivity contribution in [3.63, 3.8) is 0 Å². The van der Waals surface area contributed by atoms with Crippen LogP contribution in [-0.2, 0) is 4.79 Å². The van der Waals surface area contributed by atoms with Gasteiger partial charge in [0.25, 0.3) is 0 Å². The maximum atomic E-state index is 12.1. The van der Waals surface area contributed by atoms with Gasteiger partial charge in [-0.2, -0.15) is 5.10 Å². The third-order valence-corrected chi connectivity index (χ3v) is 4.19. The fraction of sp³-hybridized carbons (Fsp3) is 0.125. The zero-order chi connectivity index (χ0) is 16.1. The predicted molar refractivity (Wildman–Crippen MR) is 88.6 cm³/mol. The summed E-state index contributed by atoms with van der Waals surface area (Å²) in [5, 5.41) is 10.3. The number of nitrogens with one attached hydrogen (secondary N) is 1. The number of amidine groups is 1. The Bertz CT molecular complexity index is 754. The normalized spacial score (nSPS) is 19.4. The number of amides is 1. The molecule has 116 valence electrons. The van der Waals surface area contributed by atoms with Crippen LogP contribution >= 0.6 is 11.8 Å². The molecule has 2 heterocycles. The fourth-order valence-corrected chi connectivity index (χ4v) is 2.92. The maximum absolute atomic E-state index is 12.1. The number of Topliss-reactive ketones (excluding diaryl/α,β-unsaturated/α-hetero) is 1. The van der Waals surface area contributed by atoms with Gasteiger partial charge in [-0.25, -0.2) is 0 Å². The standard InChI is InChI=1S/C16H13N3O3S/c20-13(11-5-2-1-3-6-11)9-14-15(21)18-16(23-14)19-17-10-12-7-4-8-22-12/h1-8,10,14H,9H2,(H,18,19,21)/b17-10+. The van der Waals surface area contributed by atoms with E-state index in [0.29, 0.717) is 16.5 Å². The molecule has 1 fully saturated rings. The molecule has 0 aliphatic carbocycles. The van der Waals surface area contributed by atoms with Gasteiger partial charge in [0.2, 0.25) is 5.91 Å². The highest BCUT2D eigenvalue weighted by Crippen LogP contribution is 2.24. The van der Waals surface area contributed by atoms with E-state index in [2.05, 4.69) is 15.5 Å². The molecule has 0 radical (unpaired) electrons. The summed E-state index contributed by atoms with van der Waals surface area (Å²) < 4.78 is 5.08. The van der Waals surface area contributed by atoms with Crippen LogP contribution in [-0.4, -0.2) is 28.3 Å². The Hall–Kier alpha value is -2.67. The molecule has 6 nitrogen and oxygen atoms in total. The van der Waals surface area contributed by atoms with Gasteiger partial charge in [0.15, 0.2) is 11.0 Å². The smallest absolute Gasteiger partial charge is 0.240 e. The average molecular weight is 327 g/mol. The molecule has 0 spiro atoms. The number of thioether (sulfide) groups is 1. The topological polar surface area (TPSA) is 84.0 Å². The summed E-state index contributed by atoms with van der Waals surface area (Å²) in [6, 6.07) is 12.4. The molecule has 1 saturated heterocycles. The molecular weight excluding hydrogens is 314 g/mol. The van der Waals surface area contributed by atoms with Crippen molar-refractivity contribution in [1.82, 2.24) is 5.32 Å². The largest absolute Gasteiger partial charge is 0.463 e. The van der Waals surface area contributed by atoms with Gasteiger partial charge < -0.3 is 9.73 Å². The molecule has 3 rings (SSSR count). The predicted octanol–water partition coefficient (Wildman–Crippen LogP) is 2.47. The van der Waals surface area contributed by atoms with Crippen molar-refractivity contribution in [1.29, 1.82) is 0 Å². The summed E-state index contributed by atoms with van der Waals surface area (Å²) in [6.07, 6.45) is 3.11. The molecule has 7 heteroatoms. The Balaban J connectivity index is 1.60. The first kappa shape index (κ1) is 15.2. The Labute approximate surface area is 136 Å². The van der Waals surface area contributed by atoms with Crippen LogP contribution in [0.2, 0.25) is 0 Å². The summed E-state index contributed by atoms with van der Waals surface area (Å²) in [6.45, 7) is 0. The Morgan fingerprint density at radius 3 is 2.83 bits per heavy atom. The van der Waals surface area contributed by atoms with E-state index in [-0.39, 0.29) is 18.1 Å². The lowest BCUT2D eigenvalue weighted by Crippen LogP contribution is -2.26. The zero-order valence-electron chi connectivity index (χ0n) is 12.0. The van der Waals surface area contributed by atoms with Gasteiger partial charge >= 0.3 is 0 Å². The molecule has 1 aromatic heterocycles. The summed E-state index contributed by atoms with van der Waals surface area (Å²) >= 11 is 1.20. The van der Waals surface area contributed by atoms with Crippen LogP contribution in [0.3, 0.4) is 0 Å². The van der Waals surface area contributed by atoms with Crippen LogP contribution in [0.15, 0.2) is 63.3 Å². The SMILES string of the molecule is O=C(CC1S/C(=N/N=C/c2ccco2)NC1=O)c1ccccc1. The van der Waals surface area contributed by atoms with Crippen molar-refractivity contribution in [3.05, 3.63) is 60.1 Å². The minimum absolute atomic E-state index is 0.0708. The van der Waals surface area contributed by atoms with Crippen LogP contribution < -0.4 is 5.32 Å². The second-order valence-corrected chi connectivity index (χ2v) is 5.95. The lowest BCUT2D eigenvalue weighted by atomic mass is 10.1. The number of ketones is 1. The highest BCUT2D eigenvalue weighted by molar-refractivity contribution is 8.15. The Kier molecular flexibility index (Phi) is 4.68. The number of hydrogen-bond donors (Lipinski definition) is 1. The monoisotopic (exact) mass is 327 g/mol. The number of furan rings is 1. The minimum Gasteiger partial charge on any atom is -0.463 e. The van der Waals surface area contributed by atoms with Crippen molar-refractivity contribution in [2.45, 2.75) is 11.7 Å². The molecule has 23 heavy (non-hydrogen) atoms. The van der Waals surface area contributed by atoms with Crippen LogP contribution in [0.25, 0.3) is 0 Å². The molecule has 1 N–H and O–H groups in total. The third kappa shape index (κ3) is 3.95. The molecule has 1 aromatic carbocycles. The average Bonchev–Trinajstić information content (AvgIpc) is 3.19. The van der Waals surface area contributed by atoms with Crippen LogP contribution in [0, 0.1) is 0 Å². The lowest BCUT2D eigenvalue weighted by molar-refractivity contribution is -0.118. The van der Waals surface area contributed by atoms with Crippen molar-refractivity contribution in [2.24, 2.45) is 10.2 Å². The van der Waals surface area contributed by atoms with E-state index < -0.39 is 5.25 Å². The van der Waals surface area contributed by atoms with Gasteiger partial charge in [-0.1, -0.05) is 42.1 Å². The van der Waals surface area contributed by atoms with Gasteiger partial charge in [-0.3, -0.25) is 9.59 Å². The van der Waals surface area contributed by atoms with Crippen molar-refractivity contribution < 1.29 is 14.0 Å². The molecule has 2 aromatic rings. The van der Waals surface area contributed by atoms with E-state index in [1.165, 1.54) is 24.2 Å². The van der Waals surface area contributed by atoms with E-state index in [9.17, 15) is 9.59 Å². The summed E-state index contributed by atoms with van der Waals surface area (Å²) in [7, 11) is 0. The summed E-state index contributed by atoms with van der Waals surface area (Å²) in [5.74, 6) is 0.268. The summed E-state index contributed by atoms with van der Waals surface area (Å²) in [5.41, 5.74) is 0.599. The molecular formula is C16H13N3O3S. The molecule has 0 saturated carbocycles. The van der Waals surface area contributed by atoms with Gasteiger partial charge in [-0.15, -0.1) is 5.10 Å². The summed E-state index contributed by atoms with van der Waals surface area (Å²) in [4.78, 5) is 24.1. The number of carbonyl (C=O) groups excluding carboxylic acids is 2.